The van der Waals surface area contributed by atoms with Crippen molar-refractivity contribution in [3.05, 3.63) is 47.2 Å². The maximum absolute atomic E-state index is 12.6. The molecule has 2 aromatic rings. The lowest BCUT2D eigenvalue weighted by molar-refractivity contribution is -0.136. The molecule has 3 aliphatic heterocycles. The van der Waals surface area contributed by atoms with Gasteiger partial charge in [0.15, 0.2) is 0 Å². The number of nitrogens with zero attached hydrogens (tertiary/aromatic N) is 4. The number of amides is 3. The highest BCUT2D eigenvalue weighted by Gasteiger charge is 2.30. The van der Waals surface area contributed by atoms with Gasteiger partial charge in [-0.05, 0) is 73.4 Å². The minimum Gasteiger partial charge on any atom is -0.356 e. The summed E-state index contributed by atoms with van der Waals surface area (Å²) in [7, 11) is 0. The van der Waals surface area contributed by atoms with Crippen molar-refractivity contribution in [3.8, 4) is 6.07 Å². The average molecular weight is 473 g/mol. The first kappa shape index (κ1) is 22.8. The maximum Gasteiger partial charge on any atom is 0.313 e. The first-order chi connectivity index (χ1) is 17.0. The number of anilines is 3. The lowest BCUT2D eigenvalue weighted by Crippen LogP contribution is -2.42. The summed E-state index contributed by atoms with van der Waals surface area (Å²) in [5.74, 6) is -0.207. The molecule has 0 spiro atoms. The molecule has 9 heteroatoms. The fraction of sp³-hybridized carbons (Fsp3) is 0.423. The van der Waals surface area contributed by atoms with Gasteiger partial charge in [0.25, 0.3) is 0 Å². The molecule has 0 unspecified atom stereocenters. The van der Waals surface area contributed by atoms with Crippen molar-refractivity contribution in [2.45, 2.75) is 38.5 Å². The van der Waals surface area contributed by atoms with Gasteiger partial charge in [0.1, 0.15) is 11.9 Å². The number of carbonyl (C=O) groups is 3. The summed E-state index contributed by atoms with van der Waals surface area (Å²) in [5, 5.41) is 14.8. The molecule has 0 radical (unpaired) electrons. The fourth-order valence-electron chi connectivity index (χ4n) is 5.32. The topological polar surface area (TPSA) is 118 Å². The highest BCUT2D eigenvalue weighted by atomic mass is 16.2. The number of carbonyl (C=O) groups excluding carboxylic acids is 3. The lowest BCUT2D eigenvalue weighted by Gasteiger charge is -2.35. The van der Waals surface area contributed by atoms with Crippen LogP contribution < -0.4 is 20.4 Å². The van der Waals surface area contributed by atoms with Crippen molar-refractivity contribution in [1.29, 1.82) is 5.26 Å². The molecule has 0 bridgehead atoms. The number of nitriles is 1. The molecule has 0 aliphatic carbocycles. The SMILES string of the molecule is N#Cc1cccnc1N1CCC(CNC(=O)C(=O)Nc2cc3c4c(c2)CCC(=O)N4CCC3)CC1. The zero-order valence-electron chi connectivity index (χ0n) is 19.5. The van der Waals surface area contributed by atoms with Gasteiger partial charge in [0.05, 0.1) is 11.3 Å². The molecule has 1 aromatic carbocycles. The van der Waals surface area contributed by atoms with Gasteiger partial charge in [-0.2, -0.15) is 5.26 Å². The summed E-state index contributed by atoms with van der Waals surface area (Å²) >= 11 is 0. The minimum absolute atomic E-state index is 0.158. The van der Waals surface area contributed by atoms with E-state index >= 15 is 0 Å². The first-order valence-electron chi connectivity index (χ1n) is 12.2. The molecular weight excluding hydrogens is 444 g/mol. The van der Waals surface area contributed by atoms with Gasteiger partial charge in [0, 0.05) is 44.5 Å². The van der Waals surface area contributed by atoms with Crippen molar-refractivity contribution in [2.75, 3.05) is 41.3 Å². The molecule has 1 fully saturated rings. The quantitative estimate of drug-likeness (QED) is 0.659. The van der Waals surface area contributed by atoms with E-state index in [1.54, 1.807) is 18.3 Å². The van der Waals surface area contributed by atoms with E-state index in [9.17, 15) is 19.6 Å². The molecule has 4 heterocycles. The standard InChI is InChI=1S/C26H28N6O3/c27-15-20-3-1-9-28-24(20)31-11-7-17(8-12-31)16-29-25(34)26(35)30-21-13-18-4-2-10-32-22(33)6-5-19(14-21)23(18)32/h1,3,9,13-14,17H,2,4-8,10-12,16H2,(H,29,34)(H,30,35). The molecule has 2 N–H and O–H groups in total. The van der Waals surface area contributed by atoms with Crippen molar-refractivity contribution >= 4 is 34.9 Å². The number of pyridine rings is 1. The van der Waals surface area contributed by atoms with E-state index in [0.29, 0.717) is 36.5 Å². The molecule has 35 heavy (non-hydrogen) atoms. The number of benzene rings is 1. The number of rotatable bonds is 4. The highest BCUT2D eigenvalue weighted by molar-refractivity contribution is 6.39. The number of piperidine rings is 1. The molecular formula is C26H28N6O3. The third-order valence-electron chi connectivity index (χ3n) is 7.11. The van der Waals surface area contributed by atoms with E-state index in [1.807, 2.05) is 17.0 Å². The Bertz CT molecular complexity index is 1190. The van der Waals surface area contributed by atoms with Gasteiger partial charge in [-0.3, -0.25) is 14.4 Å². The zero-order valence-corrected chi connectivity index (χ0v) is 19.5. The van der Waals surface area contributed by atoms with Crippen molar-refractivity contribution in [1.82, 2.24) is 10.3 Å². The number of aryl methyl sites for hydroxylation is 2. The van der Waals surface area contributed by atoms with Crippen LogP contribution in [0.4, 0.5) is 17.2 Å². The first-order valence-corrected chi connectivity index (χ1v) is 12.2. The summed E-state index contributed by atoms with van der Waals surface area (Å²) in [4.78, 5) is 45.6. The third kappa shape index (κ3) is 4.69. The molecule has 180 valence electrons. The Labute approximate surface area is 204 Å². The molecule has 3 aliphatic rings. The predicted octanol–water partition coefficient (Wildman–Crippen LogP) is 2.15. The van der Waals surface area contributed by atoms with E-state index in [-0.39, 0.29) is 11.8 Å². The van der Waals surface area contributed by atoms with Crippen molar-refractivity contribution < 1.29 is 14.4 Å². The van der Waals surface area contributed by atoms with Crippen LogP contribution in [0.3, 0.4) is 0 Å². The van der Waals surface area contributed by atoms with E-state index in [1.165, 1.54) is 0 Å². The van der Waals surface area contributed by atoms with Gasteiger partial charge in [0.2, 0.25) is 5.91 Å². The summed E-state index contributed by atoms with van der Waals surface area (Å²) in [6.07, 6.45) is 6.25. The van der Waals surface area contributed by atoms with Crippen LogP contribution in [0.5, 0.6) is 0 Å². The second-order valence-electron chi connectivity index (χ2n) is 9.37. The monoisotopic (exact) mass is 472 g/mol. The molecule has 3 amide bonds. The normalized spacial score (nSPS) is 17.4. The van der Waals surface area contributed by atoms with Crippen molar-refractivity contribution in [2.24, 2.45) is 5.92 Å². The van der Waals surface area contributed by atoms with Crippen LogP contribution in [0.2, 0.25) is 0 Å². The zero-order chi connectivity index (χ0) is 24.4. The summed E-state index contributed by atoms with van der Waals surface area (Å²) < 4.78 is 0. The number of hydrogen-bond donors (Lipinski definition) is 2. The van der Waals surface area contributed by atoms with E-state index in [2.05, 4.69) is 26.6 Å². The predicted molar refractivity (Wildman–Crippen MR) is 131 cm³/mol. The Morgan fingerprint density at radius 3 is 2.63 bits per heavy atom. The number of aromatic nitrogens is 1. The number of hydrogen-bond acceptors (Lipinski definition) is 6. The molecule has 9 nitrogen and oxygen atoms in total. The second-order valence-corrected chi connectivity index (χ2v) is 9.37. The lowest BCUT2D eigenvalue weighted by atomic mass is 9.91. The molecule has 0 saturated carbocycles. The van der Waals surface area contributed by atoms with Gasteiger partial charge in [-0.25, -0.2) is 4.98 Å². The Kier molecular flexibility index (Phi) is 6.36. The Morgan fingerprint density at radius 1 is 1.09 bits per heavy atom. The van der Waals surface area contributed by atoms with Crippen molar-refractivity contribution in [3.63, 3.8) is 0 Å². The summed E-state index contributed by atoms with van der Waals surface area (Å²) in [6.45, 7) is 2.67. The average Bonchev–Trinajstić information content (AvgIpc) is 2.89. The third-order valence-corrected chi connectivity index (χ3v) is 7.11. The van der Waals surface area contributed by atoms with Crippen LogP contribution in [0.1, 0.15) is 42.4 Å². The van der Waals surface area contributed by atoms with Gasteiger partial charge >= 0.3 is 11.8 Å². The molecule has 5 rings (SSSR count). The molecule has 1 aromatic heterocycles. The Balaban J connectivity index is 1.14. The minimum atomic E-state index is -0.679. The van der Waals surface area contributed by atoms with Crippen LogP contribution in [-0.4, -0.2) is 48.9 Å². The van der Waals surface area contributed by atoms with Crippen LogP contribution in [0, 0.1) is 17.2 Å². The second kappa shape index (κ2) is 9.74. The smallest absolute Gasteiger partial charge is 0.313 e. The Hall–Kier alpha value is -3.93. The van der Waals surface area contributed by atoms with Gasteiger partial charge in [-0.15, -0.1) is 0 Å². The number of nitrogens with one attached hydrogen (secondary N) is 2. The largest absolute Gasteiger partial charge is 0.356 e. The Morgan fingerprint density at radius 2 is 1.86 bits per heavy atom. The van der Waals surface area contributed by atoms with Gasteiger partial charge < -0.3 is 20.4 Å². The van der Waals surface area contributed by atoms with Crippen LogP contribution >= 0.6 is 0 Å². The van der Waals surface area contributed by atoms with E-state index in [0.717, 1.165) is 62.1 Å². The summed E-state index contributed by atoms with van der Waals surface area (Å²) in [5.41, 5.74) is 4.26. The van der Waals surface area contributed by atoms with Crippen LogP contribution in [0.15, 0.2) is 30.5 Å². The van der Waals surface area contributed by atoms with Crippen LogP contribution in [-0.2, 0) is 27.2 Å². The molecule has 1 saturated heterocycles. The van der Waals surface area contributed by atoms with E-state index < -0.39 is 11.8 Å². The molecule has 0 atom stereocenters. The highest BCUT2D eigenvalue weighted by Crippen LogP contribution is 2.37. The van der Waals surface area contributed by atoms with Gasteiger partial charge in [-0.1, -0.05) is 0 Å². The summed E-state index contributed by atoms with van der Waals surface area (Å²) in [6, 6.07) is 9.48. The van der Waals surface area contributed by atoms with Crippen LogP contribution in [0.25, 0.3) is 0 Å². The van der Waals surface area contributed by atoms with E-state index in [4.69, 9.17) is 0 Å². The maximum atomic E-state index is 12.6. The fourth-order valence-corrected chi connectivity index (χ4v) is 5.32.